The second kappa shape index (κ2) is 6.80. The summed E-state index contributed by atoms with van der Waals surface area (Å²) in [4.78, 5) is 13.1. The molecule has 3 N–H and O–H groups in total. The summed E-state index contributed by atoms with van der Waals surface area (Å²) >= 11 is 6.07. The molecular weight excluding hydrogens is 405 g/mol. The summed E-state index contributed by atoms with van der Waals surface area (Å²) in [5, 5.41) is 4.70. The van der Waals surface area contributed by atoms with E-state index in [0.717, 1.165) is 30.2 Å². The average Bonchev–Trinajstić information content (AvgIpc) is 2.67. The van der Waals surface area contributed by atoms with Gasteiger partial charge in [0.2, 0.25) is 0 Å². The number of benzene rings is 2. The number of nitrogens with zero attached hydrogens (tertiary/aromatic N) is 3. The minimum atomic E-state index is -0.800. The Morgan fingerprint density at radius 2 is 2.00 bits per heavy atom. The quantitative estimate of drug-likeness (QED) is 0.614. The topological polar surface area (TPSA) is 85.4 Å². The number of nitrogens with one attached hydrogen (secondary N) is 1. The Bertz CT molecular complexity index is 1180. The van der Waals surface area contributed by atoms with Crippen LogP contribution in [-0.4, -0.2) is 21.6 Å². The molecule has 1 aliphatic heterocycles. The Balaban J connectivity index is 1.52. The number of ether oxygens (including phenoxy) is 1. The number of hydrogen-bond acceptors (Lipinski definition) is 6. The molecule has 1 fully saturated rings. The van der Waals surface area contributed by atoms with Crippen LogP contribution in [0.15, 0.2) is 47.7 Å². The molecule has 6 nitrogen and oxygen atoms in total. The summed E-state index contributed by atoms with van der Waals surface area (Å²) in [6, 6.07) is 10.4. The van der Waals surface area contributed by atoms with Crippen LogP contribution in [0.5, 0.6) is 0 Å². The van der Waals surface area contributed by atoms with Crippen LogP contribution in [0.1, 0.15) is 38.2 Å². The van der Waals surface area contributed by atoms with Crippen LogP contribution in [0.3, 0.4) is 0 Å². The lowest BCUT2D eigenvalue weighted by molar-refractivity contribution is -0.0583. The van der Waals surface area contributed by atoms with Gasteiger partial charge >= 0.3 is 0 Å². The molecule has 1 unspecified atom stereocenters. The zero-order valence-corrected chi connectivity index (χ0v) is 17.2. The third-order valence-electron chi connectivity index (χ3n) is 6.02. The number of hydrogen-bond donors (Lipinski definition) is 2. The van der Waals surface area contributed by atoms with Crippen LogP contribution in [0.25, 0.3) is 10.9 Å². The molecule has 1 saturated carbocycles. The van der Waals surface area contributed by atoms with Crippen LogP contribution >= 0.6 is 11.6 Å². The van der Waals surface area contributed by atoms with Crippen molar-refractivity contribution in [2.45, 2.75) is 43.7 Å². The number of nitrogens with two attached hydrogens (primary N) is 1. The number of anilines is 2. The average molecular weight is 426 g/mol. The Morgan fingerprint density at radius 3 is 2.77 bits per heavy atom. The fourth-order valence-electron chi connectivity index (χ4n) is 4.48. The Labute approximate surface area is 178 Å². The zero-order valence-electron chi connectivity index (χ0n) is 16.5. The lowest BCUT2D eigenvalue weighted by atomic mass is 9.69. The molecule has 2 aliphatic rings. The fourth-order valence-corrected chi connectivity index (χ4v) is 4.64. The minimum absolute atomic E-state index is 0.125. The Hall–Kier alpha value is -2.93. The van der Waals surface area contributed by atoms with Crippen molar-refractivity contribution in [3.05, 3.63) is 59.1 Å². The van der Waals surface area contributed by atoms with Crippen LogP contribution in [0.2, 0.25) is 5.02 Å². The van der Waals surface area contributed by atoms with E-state index in [1.165, 1.54) is 12.4 Å². The monoisotopic (exact) mass is 425 g/mol. The minimum Gasteiger partial charge on any atom is -0.459 e. The van der Waals surface area contributed by atoms with Gasteiger partial charge in [0.15, 0.2) is 0 Å². The standard InChI is InChI=1S/C22H21ClFN5O/c1-21(11-22(7-2-8-22)30-20(25)29-21)16-10-14(4-6-17(16)24)28-19-15-5-3-13(23)9-18(15)26-12-27-19/h3-6,9-10,12H,2,7-8,11H2,1H3,(H2,25,29)(H,26,27,28). The van der Waals surface area contributed by atoms with E-state index in [0.29, 0.717) is 28.5 Å². The van der Waals surface area contributed by atoms with Crippen LogP contribution in [-0.2, 0) is 10.3 Å². The predicted molar refractivity (Wildman–Crippen MR) is 115 cm³/mol. The van der Waals surface area contributed by atoms with Gasteiger partial charge in [0, 0.05) is 28.1 Å². The van der Waals surface area contributed by atoms with E-state index in [1.807, 2.05) is 13.0 Å². The highest BCUT2D eigenvalue weighted by atomic mass is 35.5. The maximum atomic E-state index is 14.9. The van der Waals surface area contributed by atoms with Gasteiger partial charge in [-0.15, -0.1) is 0 Å². The molecule has 0 radical (unpaired) electrons. The first-order valence-electron chi connectivity index (χ1n) is 9.88. The van der Waals surface area contributed by atoms with E-state index in [-0.39, 0.29) is 17.4 Å². The third-order valence-corrected chi connectivity index (χ3v) is 6.25. The molecule has 1 spiro atoms. The number of fused-ring (bicyclic) bond motifs is 1. The maximum absolute atomic E-state index is 14.9. The lowest BCUT2D eigenvalue weighted by Crippen LogP contribution is -2.52. The second-order valence-electron chi connectivity index (χ2n) is 8.24. The highest BCUT2D eigenvalue weighted by Crippen LogP contribution is 2.49. The number of rotatable bonds is 3. The molecule has 2 heterocycles. The van der Waals surface area contributed by atoms with E-state index in [4.69, 9.17) is 22.1 Å². The molecule has 3 aromatic rings. The predicted octanol–water partition coefficient (Wildman–Crippen LogP) is 5.04. The van der Waals surface area contributed by atoms with Gasteiger partial charge in [-0.1, -0.05) is 11.6 Å². The van der Waals surface area contributed by atoms with Gasteiger partial charge < -0.3 is 15.8 Å². The summed E-state index contributed by atoms with van der Waals surface area (Å²) in [5.74, 6) is 0.292. The molecule has 1 aliphatic carbocycles. The summed E-state index contributed by atoms with van der Waals surface area (Å²) in [6.45, 7) is 1.91. The highest BCUT2D eigenvalue weighted by molar-refractivity contribution is 6.31. The van der Waals surface area contributed by atoms with Gasteiger partial charge in [0.05, 0.1) is 11.1 Å². The summed E-state index contributed by atoms with van der Waals surface area (Å²) < 4.78 is 20.7. The SMILES string of the molecule is CC1(c2cc(Nc3ncnc4cc(Cl)ccc34)ccc2F)CC2(CCC2)OC(N)=N1. The number of aliphatic imine (C=N–C) groups is 1. The maximum Gasteiger partial charge on any atom is 0.283 e. The van der Waals surface area contributed by atoms with Crippen molar-refractivity contribution >= 4 is 40.0 Å². The highest BCUT2D eigenvalue weighted by Gasteiger charge is 2.50. The van der Waals surface area contributed by atoms with Crippen LogP contribution < -0.4 is 11.1 Å². The van der Waals surface area contributed by atoms with Crippen molar-refractivity contribution in [1.82, 2.24) is 9.97 Å². The molecule has 0 saturated heterocycles. The second-order valence-corrected chi connectivity index (χ2v) is 8.68. The van der Waals surface area contributed by atoms with E-state index in [1.54, 1.807) is 24.3 Å². The van der Waals surface area contributed by atoms with E-state index >= 15 is 0 Å². The Kier molecular flexibility index (Phi) is 4.32. The molecule has 2 aromatic carbocycles. The molecule has 30 heavy (non-hydrogen) atoms. The largest absolute Gasteiger partial charge is 0.459 e. The van der Waals surface area contributed by atoms with Crippen molar-refractivity contribution in [1.29, 1.82) is 0 Å². The molecule has 0 amide bonds. The number of aromatic nitrogens is 2. The van der Waals surface area contributed by atoms with Gasteiger partial charge in [-0.05, 0) is 62.6 Å². The molecule has 0 bridgehead atoms. The smallest absolute Gasteiger partial charge is 0.283 e. The first kappa shape index (κ1) is 19.1. The molecule has 1 atom stereocenters. The van der Waals surface area contributed by atoms with Crippen molar-refractivity contribution in [2.24, 2.45) is 10.7 Å². The van der Waals surface area contributed by atoms with Gasteiger partial charge in [-0.3, -0.25) is 0 Å². The molecule has 5 rings (SSSR count). The zero-order chi connectivity index (χ0) is 20.9. The number of halogens is 2. The normalized spacial score (nSPS) is 22.3. The van der Waals surface area contributed by atoms with Gasteiger partial charge in [0.25, 0.3) is 6.02 Å². The number of amidine groups is 1. The van der Waals surface area contributed by atoms with Gasteiger partial charge in [0.1, 0.15) is 23.6 Å². The molecule has 8 heteroatoms. The summed E-state index contributed by atoms with van der Waals surface area (Å²) in [7, 11) is 0. The summed E-state index contributed by atoms with van der Waals surface area (Å²) in [6.07, 6.45) is 4.96. The lowest BCUT2D eigenvalue weighted by Gasteiger charge is -2.48. The van der Waals surface area contributed by atoms with E-state index in [2.05, 4.69) is 20.3 Å². The van der Waals surface area contributed by atoms with Crippen LogP contribution in [0.4, 0.5) is 15.9 Å². The van der Waals surface area contributed by atoms with E-state index < -0.39 is 5.54 Å². The van der Waals surface area contributed by atoms with Crippen molar-refractivity contribution < 1.29 is 9.13 Å². The molecule has 1 aromatic heterocycles. The molecule has 154 valence electrons. The van der Waals surface area contributed by atoms with E-state index in [9.17, 15) is 4.39 Å². The van der Waals surface area contributed by atoms with Gasteiger partial charge in [-0.25, -0.2) is 19.4 Å². The van der Waals surface area contributed by atoms with Crippen molar-refractivity contribution in [3.63, 3.8) is 0 Å². The first-order valence-corrected chi connectivity index (χ1v) is 10.3. The fraction of sp³-hybridized carbons (Fsp3) is 0.318. The Morgan fingerprint density at radius 1 is 1.17 bits per heavy atom. The third kappa shape index (κ3) is 3.23. The van der Waals surface area contributed by atoms with Crippen LogP contribution in [0, 0.1) is 5.82 Å². The van der Waals surface area contributed by atoms with Gasteiger partial charge in [-0.2, -0.15) is 0 Å². The van der Waals surface area contributed by atoms with Crippen molar-refractivity contribution in [3.8, 4) is 0 Å². The summed E-state index contributed by atoms with van der Waals surface area (Å²) in [5.41, 5.74) is 6.75. The molecular formula is C22H21ClFN5O. The van der Waals surface area contributed by atoms with Crippen molar-refractivity contribution in [2.75, 3.05) is 5.32 Å². The first-order chi connectivity index (χ1) is 14.4.